The summed E-state index contributed by atoms with van der Waals surface area (Å²) in [5.41, 5.74) is 0.681. The molecule has 2 aromatic rings. The van der Waals surface area contributed by atoms with E-state index in [9.17, 15) is 4.79 Å². The van der Waals surface area contributed by atoms with Gasteiger partial charge in [0.25, 0.3) is 5.91 Å². The van der Waals surface area contributed by atoms with Gasteiger partial charge in [-0.25, -0.2) is 9.97 Å². The van der Waals surface area contributed by atoms with Crippen LogP contribution in [0.5, 0.6) is 0 Å². The fourth-order valence-electron chi connectivity index (χ4n) is 3.94. The first-order valence-electron chi connectivity index (χ1n) is 9.65. The lowest BCUT2D eigenvalue weighted by Gasteiger charge is -2.14. The Balaban J connectivity index is 1.57. The highest BCUT2D eigenvalue weighted by Crippen LogP contribution is 2.47. The van der Waals surface area contributed by atoms with Gasteiger partial charge >= 0.3 is 0 Å². The summed E-state index contributed by atoms with van der Waals surface area (Å²) in [4.78, 5) is 24.0. The second-order valence-corrected chi connectivity index (χ2v) is 7.93. The van der Waals surface area contributed by atoms with Crippen LogP contribution in [0.1, 0.15) is 79.2 Å². The molecule has 0 bridgehead atoms. The number of nitrogens with zero attached hydrogens (tertiary/aromatic N) is 4. The van der Waals surface area contributed by atoms with Crippen molar-refractivity contribution in [1.82, 2.24) is 25.1 Å². The largest absolute Gasteiger partial charge is 0.435 e. The molecule has 3 heterocycles. The van der Waals surface area contributed by atoms with Crippen molar-refractivity contribution in [3.8, 4) is 0 Å². The number of aromatic nitrogens is 4. The van der Waals surface area contributed by atoms with Gasteiger partial charge in [0.05, 0.1) is 5.69 Å². The van der Waals surface area contributed by atoms with Crippen LogP contribution in [0.2, 0.25) is 0 Å². The molecule has 2 aromatic heterocycles. The summed E-state index contributed by atoms with van der Waals surface area (Å²) in [6.45, 7) is 9.42. The summed E-state index contributed by atoms with van der Waals surface area (Å²) >= 11 is 0. The van der Waals surface area contributed by atoms with E-state index >= 15 is 0 Å². The Labute approximate surface area is 153 Å². The van der Waals surface area contributed by atoms with Crippen LogP contribution in [0.15, 0.2) is 4.42 Å². The smallest absolute Gasteiger partial charge is 0.291 e. The maximum Gasteiger partial charge on any atom is 0.291 e. The zero-order chi connectivity index (χ0) is 18.4. The number of carbonyl (C=O) groups excluding carboxylic acids is 1. The van der Waals surface area contributed by atoms with Gasteiger partial charge in [-0.3, -0.25) is 9.89 Å². The molecule has 4 rings (SSSR count). The van der Waals surface area contributed by atoms with Crippen molar-refractivity contribution in [3.63, 3.8) is 0 Å². The van der Waals surface area contributed by atoms with Crippen molar-refractivity contribution in [2.45, 2.75) is 58.8 Å². The zero-order valence-electron chi connectivity index (χ0n) is 16.0. The Hall–Kier alpha value is -2.18. The van der Waals surface area contributed by atoms with Gasteiger partial charge in [-0.2, -0.15) is 5.10 Å². The molecule has 1 saturated carbocycles. The fourth-order valence-corrected chi connectivity index (χ4v) is 3.94. The summed E-state index contributed by atoms with van der Waals surface area (Å²) in [7, 11) is 0. The van der Waals surface area contributed by atoms with Gasteiger partial charge in [0.2, 0.25) is 5.76 Å². The predicted molar refractivity (Wildman–Crippen MR) is 95.9 cm³/mol. The van der Waals surface area contributed by atoms with Gasteiger partial charge in [0, 0.05) is 31.3 Å². The maximum absolute atomic E-state index is 13.0. The number of aromatic amines is 1. The van der Waals surface area contributed by atoms with E-state index in [4.69, 9.17) is 9.40 Å². The molecule has 1 saturated heterocycles. The molecule has 1 amide bonds. The van der Waals surface area contributed by atoms with Crippen molar-refractivity contribution in [3.05, 3.63) is 29.0 Å². The van der Waals surface area contributed by atoms with Crippen molar-refractivity contribution >= 4 is 5.91 Å². The minimum Gasteiger partial charge on any atom is -0.435 e. The van der Waals surface area contributed by atoms with Crippen molar-refractivity contribution in [1.29, 1.82) is 0 Å². The summed E-state index contributed by atoms with van der Waals surface area (Å²) in [6.07, 6.45) is 3.18. The molecule has 1 aliphatic carbocycles. The fraction of sp³-hybridized carbons (Fsp3) is 0.684. The monoisotopic (exact) mass is 357 g/mol. The number of H-pyrrole nitrogens is 1. The van der Waals surface area contributed by atoms with E-state index in [0.717, 1.165) is 18.2 Å². The molecule has 26 heavy (non-hydrogen) atoms. The number of likely N-dealkylation sites (tertiary alicyclic amines) is 1. The van der Waals surface area contributed by atoms with Gasteiger partial charge in [0.1, 0.15) is 5.82 Å². The molecule has 7 heteroatoms. The number of amides is 1. The molecule has 7 nitrogen and oxygen atoms in total. The first kappa shape index (κ1) is 17.2. The summed E-state index contributed by atoms with van der Waals surface area (Å²) in [5, 5.41) is 7.49. The Morgan fingerprint density at radius 1 is 1.31 bits per heavy atom. The normalized spacial score (nSPS) is 23.2. The van der Waals surface area contributed by atoms with Gasteiger partial charge in [-0.05, 0) is 31.6 Å². The second-order valence-electron chi connectivity index (χ2n) is 7.93. The van der Waals surface area contributed by atoms with E-state index in [2.05, 4.69) is 29.0 Å². The molecule has 0 spiro atoms. The Kier molecular flexibility index (Phi) is 4.32. The molecule has 2 aliphatic rings. The maximum atomic E-state index is 13.0. The third kappa shape index (κ3) is 3.04. The van der Waals surface area contributed by atoms with E-state index < -0.39 is 0 Å². The molecule has 2 fully saturated rings. The summed E-state index contributed by atoms with van der Waals surface area (Å²) < 4.78 is 5.69. The SMILES string of the molecule is CCc1nc(C)c(C(=O)N2C[C@H](c3nc(C(C)C)n[nH]3)[C@@H](C3CC3)C2)o1. The quantitative estimate of drug-likeness (QED) is 0.888. The number of carbonyl (C=O) groups is 1. The van der Waals surface area contributed by atoms with Crippen LogP contribution in [-0.2, 0) is 6.42 Å². The number of hydrogen-bond acceptors (Lipinski definition) is 5. The lowest BCUT2D eigenvalue weighted by atomic mass is 9.91. The van der Waals surface area contributed by atoms with E-state index in [1.165, 1.54) is 12.8 Å². The van der Waals surface area contributed by atoms with E-state index in [0.29, 0.717) is 48.1 Å². The number of oxazole rings is 1. The third-order valence-electron chi connectivity index (χ3n) is 5.61. The van der Waals surface area contributed by atoms with Crippen molar-refractivity contribution < 1.29 is 9.21 Å². The molecule has 140 valence electrons. The van der Waals surface area contributed by atoms with Crippen LogP contribution in [0, 0.1) is 18.8 Å². The van der Waals surface area contributed by atoms with Gasteiger partial charge in [0.15, 0.2) is 11.7 Å². The predicted octanol–water partition coefficient (Wildman–Crippen LogP) is 3.05. The Morgan fingerprint density at radius 2 is 2.08 bits per heavy atom. The lowest BCUT2D eigenvalue weighted by Crippen LogP contribution is -2.29. The van der Waals surface area contributed by atoms with E-state index in [1.807, 2.05) is 18.7 Å². The minimum absolute atomic E-state index is 0.0496. The average molecular weight is 357 g/mol. The second kappa shape index (κ2) is 6.52. The standard InChI is InChI=1S/C19H27N5O2/c1-5-15-20-11(4)16(26-15)19(25)24-8-13(12-6-7-12)14(9-24)18-21-17(10(2)3)22-23-18/h10,12-14H,5-9H2,1-4H3,(H,21,22,23)/t13-,14+/m1/s1. The van der Waals surface area contributed by atoms with Crippen LogP contribution < -0.4 is 0 Å². The van der Waals surface area contributed by atoms with Gasteiger partial charge in [-0.15, -0.1) is 0 Å². The molecule has 1 N–H and O–H groups in total. The summed E-state index contributed by atoms with van der Waals surface area (Å²) in [5.74, 6) is 4.37. The highest BCUT2D eigenvalue weighted by molar-refractivity contribution is 5.92. The average Bonchev–Trinajstić information content (AvgIpc) is 3.05. The minimum atomic E-state index is -0.0496. The topological polar surface area (TPSA) is 87.9 Å². The van der Waals surface area contributed by atoms with Crippen LogP contribution in [0.4, 0.5) is 0 Å². The van der Waals surface area contributed by atoms with Gasteiger partial charge in [-0.1, -0.05) is 20.8 Å². The molecule has 0 radical (unpaired) electrons. The number of hydrogen-bond donors (Lipinski definition) is 1. The molecule has 2 atom stereocenters. The van der Waals surface area contributed by atoms with Crippen molar-refractivity contribution in [2.75, 3.05) is 13.1 Å². The Bertz CT molecular complexity index is 805. The Morgan fingerprint density at radius 3 is 2.65 bits per heavy atom. The van der Waals surface area contributed by atoms with Crippen LogP contribution in [-0.4, -0.2) is 44.1 Å². The molecule has 0 unspecified atom stereocenters. The van der Waals surface area contributed by atoms with Crippen molar-refractivity contribution in [2.24, 2.45) is 11.8 Å². The highest BCUT2D eigenvalue weighted by atomic mass is 16.4. The number of aryl methyl sites for hydroxylation is 2. The first-order chi connectivity index (χ1) is 12.5. The summed E-state index contributed by atoms with van der Waals surface area (Å²) in [6, 6.07) is 0. The molecule has 1 aliphatic heterocycles. The van der Waals surface area contributed by atoms with E-state index in [1.54, 1.807) is 0 Å². The van der Waals surface area contributed by atoms with Crippen LogP contribution in [0.3, 0.4) is 0 Å². The first-order valence-corrected chi connectivity index (χ1v) is 9.65. The van der Waals surface area contributed by atoms with E-state index in [-0.39, 0.29) is 11.8 Å². The van der Waals surface area contributed by atoms with Crippen LogP contribution >= 0.6 is 0 Å². The molecular weight excluding hydrogens is 330 g/mol. The highest BCUT2D eigenvalue weighted by Gasteiger charge is 2.46. The van der Waals surface area contributed by atoms with Gasteiger partial charge < -0.3 is 9.32 Å². The molecular formula is C19H27N5O2. The number of rotatable bonds is 5. The third-order valence-corrected chi connectivity index (χ3v) is 5.61. The van der Waals surface area contributed by atoms with Crippen LogP contribution in [0.25, 0.3) is 0 Å². The zero-order valence-corrected chi connectivity index (χ0v) is 16.0. The number of nitrogens with one attached hydrogen (secondary N) is 1. The molecule has 0 aromatic carbocycles. The lowest BCUT2D eigenvalue weighted by molar-refractivity contribution is 0.0750.